The Kier molecular flexibility index (Phi) is 3.09. The van der Waals surface area contributed by atoms with Crippen LogP contribution in [0.15, 0.2) is 24.3 Å². The first-order chi connectivity index (χ1) is 5.61. The van der Waals surface area contributed by atoms with Gasteiger partial charge in [-0.1, -0.05) is 23.7 Å². The minimum Gasteiger partial charge on any atom is -0.390 e. The molecule has 0 heterocycles. The fraction of sp³-hybridized carbons (Fsp3) is 0.333. The zero-order chi connectivity index (χ0) is 9.14. The lowest BCUT2D eigenvalue weighted by Gasteiger charge is -2.13. The average molecular weight is 187 g/mol. The molecule has 66 valence electrons. The highest BCUT2D eigenvalue weighted by Gasteiger charge is 2.12. The topological polar surface area (TPSA) is 40.5 Å². The van der Waals surface area contributed by atoms with Crippen molar-refractivity contribution in [3.63, 3.8) is 0 Å². The summed E-state index contributed by atoms with van der Waals surface area (Å²) in [5.41, 5.74) is 0.675. The Morgan fingerprint density at radius 1 is 1.17 bits per heavy atom. The van der Waals surface area contributed by atoms with Crippen molar-refractivity contribution in [3.8, 4) is 0 Å². The molecule has 2 atom stereocenters. The molecule has 0 fully saturated rings. The summed E-state index contributed by atoms with van der Waals surface area (Å²) in [7, 11) is 0. The van der Waals surface area contributed by atoms with Gasteiger partial charge in [-0.15, -0.1) is 0 Å². The van der Waals surface area contributed by atoms with Crippen LogP contribution in [0.1, 0.15) is 18.6 Å². The summed E-state index contributed by atoms with van der Waals surface area (Å²) in [6, 6.07) is 6.75. The molecule has 1 aromatic rings. The van der Waals surface area contributed by atoms with Crippen LogP contribution >= 0.6 is 11.6 Å². The van der Waals surface area contributed by atoms with Crippen LogP contribution in [0.25, 0.3) is 0 Å². The maximum atomic E-state index is 9.40. The number of hydrogen-bond acceptors (Lipinski definition) is 2. The summed E-state index contributed by atoms with van der Waals surface area (Å²) < 4.78 is 0. The highest BCUT2D eigenvalue weighted by atomic mass is 35.5. The van der Waals surface area contributed by atoms with E-state index in [4.69, 9.17) is 16.7 Å². The molecule has 0 amide bonds. The lowest BCUT2D eigenvalue weighted by molar-refractivity contribution is 0.0305. The second-order valence-corrected chi connectivity index (χ2v) is 3.17. The molecule has 0 aliphatic heterocycles. The van der Waals surface area contributed by atoms with Gasteiger partial charge in [0.25, 0.3) is 0 Å². The SMILES string of the molecule is C[C@H](O)[C@H](O)c1ccc(Cl)cc1. The zero-order valence-electron chi connectivity index (χ0n) is 6.74. The van der Waals surface area contributed by atoms with Crippen molar-refractivity contribution >= 4 is 11.6 Å². The van der Waals surface area contributed by atoms with Gasteiger partial charge in [-0.2, -0.15) is 0 Å². The summed E-state index contributed by atoms with van der Waals surface area (Å²) >= 11 is 5.65. The molecule has 0 unspecified atom stereocenters. The van der Waals surface area contributed by atoms with E-state index in [0.717, 1.165) is 0 Å². The molecule has 1 aromatic carbocycles. The van der Waals surface area contributed by atoms with Crippen LogP contribution < -0.4 is 0 Å². The van der Waals surface area contributed by atoms with Gasteiger partial charge in [-0.25, -0.2) is 0 Å². The summed E-state index contributed by atoms with van der Waals surface area (Å²) in [6.45, 7) is 1.54. The van der Waals surface area contributed by atoms with Gasteiger partial charge >= 0.3 is 0 Å². The highest BCUT2D eigenvalue weighted by molar-refractivity contribution is 6.30. The Morgan fingerprint density at radius 2 is 1.67 bits per heavy atom. The number of rotatable bonds is 2. The number of benzene rings is 1. The van der Waals surface area contributed by atoms with Crippen molar-refractivity contribution in [2.75, 3.05) is 0 Å². The monoisotopic (exact) mass is 186 g/mol. The van der Waals surface area contributed by atoms with Crippen LogP contribution in [0.2, 0.25) is 5.02 Å². The van der Waals surface area contributed by atoms with E-state index in [1.807, 2.05) is 0 Å². The minimum atomic E-state index is -0.831. The van der Waals surface area contributed by atoms with E-state index in [1.165, 1.54) is 0 Å². The molecule has 0 aliphatic rings. The Hall–Kier alpha value is -0.570. The lowest BCUT2D eigenvalue weighted by atomic mass is 10.1. The molecule has 0 saturated carbocycles. The van der Waals surface area contributed by atoms with Crippen molar-refractivity contribution < 1.29 is 10.2 Å². The molecule has 0 aromatic heterocycles. The second-order valence-electron chi connectivity index (χ2n) is 2.74. The second kappa shape index (κ2) is 3.90. The quantitative estimate of drug-likeness (QED) is 0.739. The Bertz CT molecular complexity index is 243. The average Bonchev–Trinajstić information content (AvgIpc) is 2.04. The third-order valence-electron chi connectivity index (χ3n) is 1.67. The molecule has 1 rings (SSSR count). The molecule has 2 N–H and O–H groups in total. The molecule has 0 saturated heterocycles. The summed E-state index contributed by atoms with van der Waals surface area (Å²) in [5.74, 6) is 0. The third kappa shape index (κ3) is 2.21. The van der Waals surface area contributed by atoms with E-state index in [9.17, 15) is 5.11 Å². The Morgan fingerprint density at radius 3 is 2.08 bits per heavy atom. The summed E-state index contributed by atoms with van der Waals surface area (Å²) in [6.07, 6.45) is -1.59. The van der Waals surface area contributed by atoms with Crippen LogP contribution in [0.3, 0.4) is 0 Å². The van der Waals surface area contributed by atoms with E-state index < -0.39 is 12.2 Å². The zero-order valence-corrected chi connectivity index (χ0v) is 7.49. The third-order valence-corrected chi connectivity index (χ3v) is 1.92. The van der Waals surface area contributed by atoms with E-state index in [1.54, 1.807) is 31.2 Å². The number of aliphatic hydroxyl groups is 2. The van der Waals surface area contributed by atoms with Crippen LogP contribution in [0.5, 0.6) is 0 Å². The van der Waals surface area contributed by atoms with E-state index in [2.05, 4.69) is 0 Å². The Balaban J connectivity index is 2.82. The summed E-state index contributed by atoms with van der Waals surface area (Å²) in [4.78, 5) is 0. The van der Waals surface area contributed by atoms with Crippen LogP contribution in [0.4, 0.5) is 0 Å². The molecule has 0 radical (unpaired) electrons. The molecule has 0 aliphatic carbocycles. The van der Waals surface area contributed by atoms with E-state index in [0.29, 0.717) is 10.6 Å². The number of hydrogen-bond donors (Lipinski definition) is 2. The predicted octanol–water partition coefficient (Wildman–Crippen LogP) is 1.75. The first-order valence-electron chi connectivity index (χ1n) is 3.73. The van der Waals surface area contributed by atoms with Crippen LogP contribution in [-0.2, 0) is 0 Å². The number of aliphatic hydroxyl groups excluding tert-OH is 2. The molecule has 0 spiro atoms. The van der Waals surface area contributed by atoms with Crippen molar-refractivity contribution in [1.82, 2.24) is 0 Å². The van der Waals surface area contributed by atoms with E-state index in [-0.39, 0.29) is 0 Å². The van der Waals surface area contributed by atoms with Gasteiger partial charge in [0.15, 0.2) is 0 Å². The van der Waals surface area contributed by atoms with E-state index >= 15 is 0 Å². The van der Waals surface area contributed by atoms with Crippen molar-refractivity contribution in [2.24, 2.45) is 0 Å². The minimum absolute atomic E-state index is 0.622. The molecular formula is C9H11ClO2. The van der Waals surface area contributed by atoms with Gasteiger partial charge in [0.05, 0.1) is 6.10 Å². The molecule has 2 nitrogen and oxygen atoms in total. The largest absolute Gasteiger partial charge is 0.390 e. The van der Waals surface area contributed by atoms with Gasteiger partial charge in [0.1, 0.15) is 6.10 Å². The maximum Gasteiger partial charge on any atom is 0.105 e. The standard InChI is InChI=1S/C9H11ClO2/c1-6(11)9(12)7-2-4-8(10)5-3-7/h2-6,9,11-12H,1H3/t6-,9-/m0/s1. The highest BCUT2D eigenvalue weighted by Crippen LogP contribution is 2.18. The predicted molar refractivity (Wildman–Crippen MR) is 48.1 cm³/mol. The normalized spacial score (nSPS) is 15.7. The van der Waals surface area contributed by atoms with Crippen LogP contribution in [-0.4, -0.2) is 16.3 Å². The van der Waals surface area contributed by atoms with Crippen molar-refractivity contribution in [3.05, 3.63) is 34.9 Å². The molecular weight excluding hydrogens is 176 g/mol. The van der Waals surface area contributed by atoms with Gasteiger partial charge in [0, 0.05) is 5.02 Å². The number of halogens is 1. The van der Waals surface area contributed by atoms with Gasteiger partial charge in [-0.3, -0.25) is 0 Å². The smallest absolute Gasteiger partial charge is 0.105 e. The first kappa shape index (κ1) is 9.52. The van der Waals surface area contributed by atoms with Gasteiger partial charge in [-0.05, 0) is 24.6 Å². The van der Waals surface area contributed by atoms with Gasteiger partial charge < -0.3 is 10.2 Å². The fourth-order valence-electron chi connectivity index (χ4n) is 0.938. The van der Waals surface area contributed by atoms with Gasteiger partial charge in [0.2, 0.25) is 0 Å². The van der Waals surface area contributed by atoms with Crippen molar-refractivity contribution in [1.29, 1.82) is 0 Å². The van der Waals surface area contributed by atoms with Crippen molar-refractivity contribution in [2.45, 2.75) is 19.1 Å². The fourth-order valence-corrected chi connectivity index (χ4v) is 1.06. The lowest BCUT2D eigenvalue weighted by Crippen LogP contribution is -2.13. The molecule has 0 bridgehead atoms. The Labute approximate surface area is 76.4 Å². The van der Waals surface area contributed by atoms with Crippen LogP contribution in [0, 0.1) is 0 Å². The molecule has 3 heteroatoms. The summed E-state index contributed by atoms with van der Waals surface area (Å²) in [5, 5.41) is 19.1. The molecule has 12 heavy (non-hydrogen) atoms. The maximum absolute atomic E-state index is 9.40. The first-order valence-corrected chi connectivity index (χ1v) is 4.10.